The van der Waals surface area contributed by atoms with Gasteiger partial charge >= 0.3 is 0 Å². The summed E-state index contributed by atoms with van der Waals surface area (Å²) in [7, 11) is 0. The van der Waals surface area contributed by atoms with Crippen molar-refractivity contribution >= 4 is 5.91 Å². The molecule has 1 aliphatic heterocycles. The summed E-state index contributed by atoms with van der Waals surface area (Å²) in [6, 6.07) is 0.499. The molecule has 1 unspecified atom stereocenters. The lowest BCUT2D eigenvalue weighted by Gasteiger charge is -2.29. The number of rotatable bonds is 2. The molecule has 1 saturated heterocycles. The van der Waals surface area contributed by atoms with E-state index >= 15 is 0 Å². The van der Waals surface area contributed by atoms with Gasteiger partial charge in [-0.05, 0) is 25.2 Å². The number of carbonyl (C=O) groups is 1. The van der Waals surface area contributed by atoms with Crippen LogP contribution in [0.25, 0.3) is 0 Å². The van der Waals surface area contributed by atoms with Gasteiger partial charge in [0.05, 0.1) is 0 Å². The van der Waals surface area contributed by atoms with E-state index < -0.39 is 0 Å². The molecule has 0 aromatic rings. The van der Waals surface area contributed by atoms with Gasteiger partial charge in [-0.2, -0.15) is 0 Å². The van der Waals surface area contributed by atoms with Gasteiger partial charge in [-0.15, -0.1) is 0 Å². The van der Waals surface area contributed by atoms with Crippen LogP contribution in [-0.2, 0) is 4.79 Å². The van der Waals surface area contributed by atoms with Gasteiger partial charge in [0, 0.05) is 12.5 Å². The summed E-state index contributed by atoms with van der Waals surface area (Å²) in [6.07, 6.45) is 11.3. The molecule has 1 atom stereocenters. The number of carbonyl (C=O) groups excluding carboxylic acids is 1. The van der Waals surface area contributed by atoms with E-state index in [1.54, 1.807) is 0 Å². The van der Waals surface area contributed by atoms with Crippen molar-refractivity contribution in [2.24, 2.45) is 5.92 Å². The maximum Gasteiger partial charge on any atom is 0.220 e. The van der Waals surface area contributed by atoms with Crippen molar-refractivity contribution in [3.63, 3.8) is 0 Å². The Balaban J connectivity index is 1.75. The van der Waals surface area contributed by atoms with E-state index in [-0.39, 0.29) is 5.91 Å². The highest BCUT2D eigenvalue weighted by Crippen LogP contribution is 2.29. The Morgan fingerprint density at radius 1 is 1.07 bits per heavy atom. The summed E-state index contributed by atoms with van der Waals surface area (Å²) in [5, 5.41) is 3.12. The van der Waals surface area contributed by atoms with Crippen LogP contribution < -0.4 is 5.32 Å². The van der Waals surface area contributed by atoms with Crippen molar-refractivity contribution in [1.82, 2.24) is 5.32 Å². The third kappa shape index (κ3) is 2.73. The van der Waals surface area contributed by atoms with E-state index in [0.717, 1.165) is 18.8 Å². The first kappa shape index (κ1) is 10.0. The molecule has 0 aromatic carbocycles. The highest BCUT2D eigenvalue weighted by molar-refractivity contribution is 5.76. The molecule has 1 N–H and O–H groups in total. The lowest BCUT2D eigenvalue weighted by molar-refractivity contribution is -0.123. The van der Waals surface area contributed by atoms with Crippen molar-refractivity contribution in [1.29, 1.82) is 0 Å². The first-order chi connectivity index (χ1) is 6.84. The molecule has 2 rings (SSSR count). The number of nitrogens with one attached hydrogen (secondary N) is 1. The highest BCUT2D eigenvalue weighted by Gasteiger charge is 2.22. The zero-order valence-electron chi connectivity index (χ0n) is 8.93. The predicted molar refractivity (Wildman–Crippen MR) is 57.0 cm³/mol. The monoisotopic (exact) mass is 195 g/mol. The minimum atomic E-state index is 0.275. The normalized spacial score (nSPS) is 30.0. The maximum atomic E-state index is 11.2. The molecule has 14 heavy (non-hydrogen) atoms. The summed E-state index contributed by atoms with van der Waals surface area (Å²) in [5.74, 6) is 1.17. The van der Waals surface area contributed by atoms with Crippen LogP contribution in [0.1, 0.15) is 57.8 Å². The van der Waals surface area contributed by atoms with Crippen LogP contribution in [0.4, 0.5) is 0 Å². The summed E-state index contributed by atoms with van der Waals surface area (Å²) < 4.78 is 0. The number of hydrogen-bond acceptors (Lipinski definition) is 1. The van der Waals surface area contributed by atoms with Crippen molar-refractivity contribution in [3.05, 3.63) is 0 Å². The molecule has 0 spiro atoms. The molecule has 1 aliphatic carbocycles. The average molecular weight is 195 g/mol. The second-order valence-electron chi connectivity index (χ2n) is 4.90. The van der Waals surface area contributed by atoms with Gasteiger partial charge < -0.3 is 5.32 Å². The van der Waals surface area contributed by atoms with E-state index in [0.29, 0.717) is 6.04 Å². The molecular formula is C12H21NO. The summed E-state index contributed by atoms with van der Waals surface area (Å²) in [6.45, 7) is 0. The fourth-order valence-electron chi connectivity index (χ4n) is 2.88. The Morgan fingerprint density at radius 3 is 2.57 bits per heavy atom. The number of hydrogen-bond donors (Lipinski definition) is 1. The van der Waals surface area contributed by atoms with E-state index in [1.165, 1.54) is 44.9 Å². The molecule has 2 nitrogen and oxygen atoms in total. The minimum absolute atomic E-state index is 0.275. The van der Waals surface area contributed by atoms with Gasteiger partial charge in [0.1, 0.15) is 0 Å². The number of piperidine rings is 1. The average Bonchev–Trinajstić information content (AvgIpc) is 2.19. The van der Waals surface area contributed by atoms with Gasteiger partial charge in [0.15, 0.2) is 0 Å². The van der Waals surface area contributed by atoms with Crippen molar-refractivity contribution < 1.29 is 4.79 Å². The van der Waals surface area contributed by atoms with Gasteiger partial charge in [0.2, 0.25) is 5.91 Å². The second-order valence-corrected chi connectivity index (χ2v) is 4.90. The molecule has 2 aliphatic rings. The van der Waals surface area contributed by atoms with Gasteiger partial charge in [-0.1, -0.05) is 32.1 Å². The van der Waals surface area contributed by atoms with Crippen molar-refractivity contribution in [2.45, 2.75) is 63.8 Å². The first-order valence-corrected chi connectivity index (χ1v) is 6.14. The topological polar surface area (TPSA) is 29.1 Å². The Bertz CT molecular complexity index is 196. The Kier molecular flexibility index (Phi) is 3.44. The smallest absolute Gasteiger partial charge is 0.220 e. The molecule has 1 heterocycles. The van der Waals surface area contributed by atoms with Crippen molar-refractivity contribution in [2.75, 3.05) is 0 Å². The zero-order chi connectivity index (χ0) is 9.80. The van der Waals surface area contributed by atoms with Crippen LogP contribution >= 0.6 is 0 Å². The zero-order valence-corrected chi connectivity index (χ0v) is 8.93. The SMILES string of the molecule is O=C1CCCC(CC2CCCCC2)N1. The highest BCUT2D eigenvalue weighted by atomic mass is 16.1. The molecule has 2 heteroatoms. The van der Waals surface area contributed by atoms with E-state index in [2.05, 4.69) is 5.32 Å². The Labute approximate surface area is 86.5 Å². The third-order valence-electron chi connectivity index (χ3n) is 3.66. The Hall–Kier alpha value is -0.530. The molecule has 2 fully saturated rings. The molecule has 0 aromatic heterocycles. The van der Waals surface area contributed by atoms with Gasteiger partial charge in [0.25, 0.3) is 0 Å². The van der Waals surface area contributed by atoms with E-state index in [9.17, 15) is 4.79 Å². The van der Waals surface area contributed by atoms with E-state index in [4.69, 9.17) is 0 Å². The molecule has 1 saturated carbocycles. The fraction of sp³-hybridized carbons (Fsp3) is 0.917. The minimum Gasteiger partial charge on any atom is -0.353 e. The van der Waals surface area contributed by atoms with Crippen LogP contribution in [0.2, 0.25) is 0 Å². The largest absolute Gasteiger partial charge is 0.353 e. The molecule has 0 bridgehead atoms. The van der Waals surface area contributed by atoms with Crippen LogP contribution in [0.3, 0.4) is 0 Å². The lowest BCUT2D eigenvalue weighted by atomic mass is 9.83. The lowest BCUT2D eigenvalue weighted by Crippen LogP contribution is -2.40. The molecule has 1 amide bonds. The van der Waals surface area contributed by atoms with Crippen LogP contribution in [0.5, 0.6) is 0 Å². The molecular weight excluding hydrogens is 174 g/mol. The second kappa shape index (κ2) is 4.81. The Morgan fingerprint density at radius 2 is 1.86 bits per heavy atom. The summed E-state index contributed by atoms with van der Waals surface area (Å²) in [5.41, 5.74) is 0. The molecule has 0 radical (unpaired) electrons. The van der Waals surface area contributed by atoms with Gasteiger partial charge in [-0.3, -0.25) is 4.79 Å². The van der Waals surface area contributed by atoms with Gasteiger partial charge in [-0.25, -0.2) is 0 Å². The van der Waals surface area contributed by atoms with Crippen LogP contribution in [0, 0.1) is 5.92 Å². The standard InChI is InChI=1S/C12H21NO/c14-12-8-4-7-11(13-12)9-10-5-2-1-3-6-10/h10-11H,1-9H2,(H,13,14). The summed E-state index contributed by atoms with van der Waals surface area (Å²) in [4.78, 5) is 11.2. The third-order valence-corrected chi connectivity index (χ3v) is 3.66. The molecule has 80 valence electrons. The first-order valence-electron chi connectivity index (χ1n) is 6.14. The van der Waals surface area contributed by atoms with E-state index in [1.807, 2.05) is 0 Å². The van der Waals surface area contributed by atoms with Crippen LogP contribution in [-0.4, -0.2) is 11.9 Å². The van der Waals surface area contributed by atoms with Crippen molar-refractivity contribution in [3.8, 4) is 0 Å². The summed E-state index contributed by atoms with van der Waals surface area (Å²) >= 11 is 0. The maximum absolute atomic E-state index is 11.2. The van der Waals surface area contributed by atoms with Crippen LogP contribution in [0.15, 0.2) is 0 Å². The number of amides is 1. The quantitative estimate of drug-likeness (QED) is 0.721. The predicted octanol–water partition coefficient (Wildman–Crippen LogP) is 2.63. The fourth-order valence-corrected chi connectivity index (χ4v) is 2.88.